The molecule has 0 amide bonds. The van der Waals surface area contributed by atoms with Crippen LogP contribution in [0.25, 0.3) is 5.69 Å². The van der Waals surface area contributed by atoms with E-state index in [1.54, 1.807) is 0 Å². The van der Waals surface area contributed by atoms with Crippen molar-refractivity contribution in [3.63, 3.8) is 0 Å². The molecule has 3 nitrogen and oxygen atoms in total. The van der Waals surface area contributed by atoms with Crippen molar-refractivity contribution in [2.24, 2.45) is 0 Å². The largest absolute Gasteiger partial charge is 0.286 e. The molecule has 138 valence electrons. The van der Waals surface area contributed by atoms with E-state index < -0.39 is 0 Å². The van der Waals surface area contributed by atoms with Crippen molar-refractivity contribution in [3.8, 4) is 5.69 Å². The fraction of sp³-hybridized carbons (Fsp3) is 0.636. The molecule has 0 saturated carbocycles. The second kappa shape index (κ2) is 11.8. The second-order valence-corrected chi connectivity index (χ2v) is 7.24. The molecule has 1 aromatic carbocycles. The molecular formula is C22H35N3. The third kappa shape index (κ3) is 7.41. The van der Waals surface area contributed by atoms with Gasteiger partial charge >= 0.3 is 0 Å². The highest BCUT2D eigenvalue weighted by atomic mass is 15.3. The van der Waals surface area contributed by atoms with Crippen LogP contribution in [-0.4, -0.2) is 14.8 Å². The molecule has 0 unspecified atom stereocenters. The SMILES string of the molecule is CCCCCCCCCCCCCc1nncn1-c1cccc(C)c1. The molecule has 0 bridgehead atoms. The summed E-state index contributed by atoms with van der Waals surface area (Å²) in [6, 6.07) is 8.53. The summed E-state index contributed by atoms with van der Waals surface area (Å²) < 4.78 is 2.13. The van der Waals surface area contributed by atoms with Crippen molar-refractivity contribution >= 4 is 0 Å². The van der Waals surface area contributed by atoms with Crippen LogP contribution in [0, 0.1) is 6.92 Å². The Bertz CT molecular complexity index is 588. The molecule has 0 radical (unpaired) electrons. The summed E-state index contributed by atoms with van der Waals surface area (Å²) in [6.07, 6.45) is 18.0. The second-order valence-electron chi connectivity index (χ2n) is 7.24. The van der Waals surface area contributed by atoms with E-state index in [-0.39, 0.29) is 0 Å². The van der Waals surface area contributed by atoms with E-state index in [0.717, 1.165) is 12.2 Å². The number of rotatable bonds is 13. The van der Waals surface area contributed by atoms with Crippen molar-refractivity contribution in [1.29, 1.82) is 0 Å². The molecular weight excluding hydrogens is 306 g/mol. The Morgan fingerprint density at radius 2 is 1.48 bits per heavy atom. The van der Waals surface area contributed by atoms with Gasteiger partial charge in [-0.2, -0.15) is 0 Å². The molecule has 0 aliphatic heterocycles. The molecule has 0 saturated heterocycles. The third-order valence-electron chi connectivity index (χ3n) is 4.90. The summed E-state index contributed by atoms with van der Waals surface area (Å²) in [6.45, 7) is 4.40. The summed E-state index contributed by atoms with van der Waals surface area (Å²) in [5, 5.41) is 8.43. The zero-order valence-corrected chi connectivity index (χ0v) is 16.2. The van der Waals surface area contributed by atoms with Crippen LogP contribution in [-0.2, 0) is 6.42 Å². The lowest BCUT2D eigenvalue weighted by atomic mass is 10.1. The maximum absolute atomic E-state index is 4.32. The van der Waals surface area contributed by atoms with Gasteiger partial charge in [0.2, 0.25) is 0 Å². The van der Waals surface area contributed by atoms with Gasteiger partial charge in [0.05, 0.1) is 0 Å². The van der Waals surface area contributed by atoms with Gasteiger partial charge in [0, 0.05) is 12.1 Å². The van der Waals surface area contributed by atoms with Crippen molar-refractivity contribution in [2.75, 3.05) is 0 Å². The van der Waals surface area contributed by atoms with Crippen molar-refractivity contribution in [2.45, 2.75) is 90.9 Å². The van der Waals surface area contributed by atoms with Crippen molar-refractivity contribution in [3.05, 3.63) is 42.0 Å². The molecule has 1 heterocycles. The Hall–Kier alpha value is -1.64. The molecule has 3 heteroatoms. The van der Waals surface area contributed by atoms with Gasteiger partial charge in [0.1, 0.15) is 12.2 Å². The Morgan fingerprint density at radius 3 is 2.12 bits per heavy atom. The normalized spacial score (nSPS) is 11.1. The first-order valence-electron chi connectivity index (χ1n) is 10.3. The van der Waals surface area contributed by atoms with Crippen LogP contribution >= 0.6 is 0 Å². The lowest BCUT2D eigenvalue weighted by Gasteiger charge is -2.07. The maximum atomic E-state index is 4.32. The molecule has 1 aromatic heterocycles. The first kappa shape index (κ1) is 19.7. The van der Waals surface area contributed by atoms with E-state index in [9.17, 15) is 0 Å². The van der Waals surface area contributed by atoms with Crippen LogP contribution in [0.5, 0.6) is 0 Å². The van der Waals surface area contributed by atoms with Gasteiger partial charge in [-0.05, 0) is 31.0 Å². The highest BCUT2D eigenvalue weighted by molar-refractivity contribution is 5.35. The van der Waals surface area contributed by atoms with Crippen LogP contribution in [0.1, 0.15) is 88.9 Å². The molecule has 25 heavy (non-hydrogen) atoms. The first-order valence-corrected chi connectivity index (χ1v) is 10.3. The van der Waals surface area contributed by atoms with Crippen LogP contribution in [0.2, 0.25) is 0 Å². The van der Waals surface area contributed by atoms with Crippen LogP contribution in [0.3, 0.4) is 0 Å². The van der Waals surface area contributed by atoms with E-state index in [1.165, 1.54) is 81.9 Å². The van der Waals surface area contributed by atoms with Gasteiger partial charge in [0.15, 0.2) is 0 Å². The summed E-state index contributed by atoms with van der Waals surface area (Å²) in [7, 11) is 0. The average molecular weight is 342 g/mol. The number of aryl methyl sites for hydroxylation is 2. The van der Waals surface area contributed by atoms with Gasteiger partial charge in [-0.25, -0.2) is 0 Å². The topological polar surface area (TPSA) is 30.7 Å². The smallest absolute Gasteiger partial charge is 0.137 e. The van der Waals surface area contributed by atoms with Crippen LogP contribution in [0.4, 0.5) is 0 Å². The Labute approximate surface area is 153 Å². The Balaban J connectivity index is 1.58. The maximum Gasteiger partial charge on any atom is 0.137 e. The van der Waals surface area contributed by atoms with Gasteiger partial charge in [-0.15, -0.1) is 10.2 Å². The monoisotopic (exact) mass is 341 g/mol. The Kier molecular flexibility index (Phi) is 9.32. The molecule has 0 aliphatic carbocycles. The molecule has 0 aliphatic rings. The van der Waals surface area contributed by atoms with Crippen molar-refractivity contribution < 1.29 is 0 Å². The van der Waals surface area contributed by atoms with E-state index in [0.29, 0.717) is 0 Å². The molecule has 2 aromatic rings. The van der Waals surface area contributed by atoms with Crippen molar-refractivity contribution in [1.82, 2.24) is 14.8 Å². The lowest BCUT2D eigenvalue weighted by molar-refractivity contribution is 0.547. The highest BCUT2D eigenvalue weighted by Crippen LogP contribution is 2.15. The fourth-order valence-electron chi connectivity index (χ4n) is 3.37. The fourth-order valence-corrected chi connectivity index (χ4v) is 3.37. The molecule has 0 N–H and O–H groups in total. The predicted octanol–water partition coefficient (Wildman–Crippen LogP) is 6.43. The minimum Gasteiger partial charge on any atom is -0.286 e. The van der Waals surface area contributed by atoms with Gasteiger partial charge in [0.25, 0.3) is 0 Å². The average Bonchev–Trinajstić information content (AvgIpc) is 3.08. The number of benzene rings is 1. The number of nitrogens with zero attached hydrogens (tertiary/aromatic N) is 3. The van der Waals surface area contributed by atoms with E-state index >= 15 is 0 Å². The van der Waals surface area contributed by atoms with Crippen LogP contribution < -0.4 is 0 Å². The summed E-state index contributed by atoms with van der Waals surface area (Å²) in [5.74, 6) is 1.08. The summed E-state index contributed by atoms with van der Waals surface area (Å²) in [4.78, 5) is 0. The quantitative estimate of drug-likeness (QED) is 0.393. The minimum atomic E-state index is 1.02. The number of aromatic nitrogens is 3. The van der Waals surface area contributed by atoms with E-state index in [1.807, 2.05) is 6.33 Å². The number of hydrogen-bond donors (Lipinski definition) is 0. The Morgan fingerprint density at radius 1 is 0.840 bits per heavy atom. The summed E-state index contributed by atoms with van der Waals surface area (Å²) >= 11 is 0. The van der Waals surface area contributed by atoms with Gasteiger partial charge in [-0.1, -0.05) is 83.3 Å². The van der Waals surface area contributed by atoms with Crippen LogP contribution in [0.15, 0.2) is 30.6 Å². The number of unbranched alkanes of at least 4 members (excludes halogenated alkanes) is 10. The standard InChI is InChI=1S/C22H35N3/c1-3-4-5-6-7-8-9-10-11-12-13-17-22-24-23-19-25(22)21-16-14-15-20(2)18-21/h14-16,18-19H,3-13,17H2,1-2H3. The summed E-state index contributed by atoms with van der Waals surface area (Å²) in [5.41, 5.74) is 2.44. The van der Waals surface area contributed by atoms with Gasteiger partial charge < -0.3 is 0 Å². The molecule has 0 fully saturated rings. The highest BCUT2D eigenvalue weighted by Gasteiger charge is 2.06. The molecule has 0 spiro atoms. The van der Waals surface area contributed by atoms with E-state index in [4.69, 9.17) is 0 Å². The zero-order valence-electron chi connectivity index (χ0n) is 16.2. The first-order chi connectivity index (χ1) is 12.3. The molecule has 0 atom stereocenters. The lowest BCUT2D eigenvalue weighted by Crippen LogP contribution is -2.01. The zero-order chi connectivity index (χ0) is 17.7. The van der Waals surface area contributed by atoms with Gasteiger partial charge in [-0.3, -0.25) is 4.57 Å². The molecule has 2 rings (SSSR count). The third-order valence-corrected chi connectivity index (χ3v) is 4.90. The number of hydrogen-bond acceptors (Lipinski definition) is 2. The van der Waals surface area contributed by atoms with E-state index in [2.05, 4.69) is 52.9 Å². The minimum absolute atomic E-state index is 1.02. The predicted molar refractivity (Wildman–Crippen MR) is 106 cm³/mol.